The average Bonchev–Trinajstić information content (AvgIpc) is 2.29. The number of aryl methyl sites for hydroxylation is 1. The van der Waals surface area contributed by atoms with Gasteiger partial charge in [-0.2, -0.15) is 0 Å². The summed E-state index contributed by atoms with van der Waals surface area (Å²) < 4.78 is 1.67. The van der Waals surface area contributed by atoms with Crippen molar-refractivity contribution in [3.63, 3.8) is 0 Å². The number of rotatable bonds is 2. The molecule has 0 aliphatic carbocycles. The van der Waals surface area contributed by atoms with Crippen molar-refractivity contribution in [3.8, 4) is 0 Å². The predicted octanol–water partition coefficient (Wildman–Crippen LogP) is 0.191. The van der Waals surface area contributed by atoms with Gasteiger partial charge in [-0.25, -0.2) is 4.98 Å². The summed E-state index contributed by atoms with van der Waals surface area (Å²) in [6, 6.07) is 0.158. The Kier molecular flexibility index (Phi) is 3.24. The van der Waals surface area contributed by atoms with Gasteiger partial charge in [0, 0.05) is 38.1 Å². The number of hydrogen-bond donors (Lipinski definition) is 1. The second-order valence-electron chi connectivity index (χ2n) is 4.19. The molecule has 1 aliphatic heterocycles. The molecule has 0 amide bonds. The maximum atomic E-state index is 12.0. The molecule has 1 saturated heterocycles. The fraction of sp³-hybridized carbons (Fsp3) is 0.636. The standard InChI is InChI=1S/C11H18N4O/c1-2-14-7-5-13-10(11(14)16)15-6-3-4-9(12)8-15/h5,7,9H,2-4,6,8,12H2,1H3/t9-/m0/s1. The van der Waals surface area contributed by atoms with Crippen molar-refractivity contribution in [1.82, 2.24) is 9.55 Å². The van der Waals surface area contributed by atoms with E-state index in [4.69, 9.17) is 5.73 Å². The van der Waals surface area contributed by atoms with Crippen LogP contribution in [0, 0.1) is 0 Å². The molecule has 1 atom stereocenters. The Morgan fingerprint density at radius 3 is 3.12 bits per heavy atom. The first kappa shape index (κ1) is 11.1. The molecular formula is C11H18N4O. The molecule has 0 bridgehead atoms. The largest absolute Gasteiger partial charge is 0.350 e. The molecule has 0 unspecified atom stereocenters. The smallest absolute Gasteiger partial charge is 0.293 e. The summed E-state index contributed by atoms with van der Waals surface area (Å²) in [7, 11) is 0. The summed E-state index contributed by atoms with van der Waals surface area (Å²) in [6.45, 7) is 4.24. The third-order valence-electron chi connectivity index (χ3n) is 2.99. The Labute approximate surface area is 94.9 Å². The van der Waals surface area contributed by atoms with Crippen LogP contribution in [0.25, 0.3) is 0 Å². The number of piperidine rings is 1. The van der Waals surface area contributed by atoms with E-state index in [0.717, 1.165) is 25.9 Å². The van der Waals surface area contributed by atoms with E-state index >= 15 is 0 Å². The van der Waals surface area contributed by atoms with Gasteiger partial charge in [-0.3, -0.25) is 4.79 Å². The molecule has 5 nitrogen and oxygen atoms in total. The summed E-state index contributed by atoms with van der Waals surface area (Å²) in [5.74, 6) is 0.541. The topological polar surface area (TPSA) is 64.2 Å². The second kappa shape index (κ2) is 4.65. The van der Waals surface area contributed by atoms with Crippen LogP contribution in [0.2, 0.25) is 0 Å². The Hall–Kier alpha value is -1.36. The van der Waals surface area contributed by atoms with E-state index in [1.54, 1.807) is 17.0 Å². The fourth-order valence-electron chi connectivity index (χ4n) is 2.10. The lowest BCUT2D eigenvalue weighted by molar-refractivity contribution is 0.500. The van der Waals surface area contributed by atoms with Gasteiger partial charge in [-0.05, 0) is 19.8 Å². The van der Waals surface area contributed by atoms with Crippen molar-refractivity contribution in [2.24, 2.45) is 5.73 Å². The maximum Gasteiger partial charge on any atom is 0.293 e. The Balaban J connectivity index is 2.29. The van der Waals surface area contributed by atoms with Gasteiger partial charge < -0.3 is 15.2 Å². The number of aromatic nitrogens is 2. The number of anilines is 1. The van der Waals surface area contributed by atoms with Crippen molar-refractivity contribution in [2.75, 3.05) is 18.0 Å². The van der Waals surface area contributed by atoms with Gasteiger partial charge in [0.05, 0.1) is 0 Å². The highest BCUT2D eigenvalue weighted by molar-refractivity contribution is 5.36. The minimum Gasteiger partial charge on any atom is -0.350 e. The highest BCUT2D eigenvalue weighted by atomic mass is 16.1. The lowest BCUT2D eigenvalue weighted by atomic mass is 10.1. The van der Waals surface area contributed by atoms with Crippen LogP contribution in [-0.2, 0) is 6.54 Å². The van der Waals surface area contributed by atoms with Gasteiger partial charge in [0.1, 0.15) is 0 Å². The van der Waals surface area contributed by atoms with Crippen LogP contribution < -0.4 is 16.2 Å². The molecule has 0 saturated carbocycles. The van der Waals surface area contributed by atoms with Crippen LogP contribution in [0.5, 0.6) is 0 Å². The molecule has 2 rings (SSSR count). The molecule has 88 valence electrons. The summed E-state index contributed by atoms with van der Waals surface area (Å²) in [5, 5.41) is 0. The first-order chi connectivity index (χ1) is 7.72. The third kappa shape index (κ3) is 2.09. The van der Waals surface area contributed by atoms with Crippen molar-refractivity contribution in [1.29, 1.82) is 0 Å². The van der Waals surface area contributed by atoms with Crippen LogP contribution in [-0.4, -0.2) is 28.7 Å². The minimum atomic E-state index is -0.0147. The molecule has 1 fully saturated rings. The number of hydrogen-bond acceptors (Lipinski definition) is 4. The van der Waals surface area contributed by atoms with E-state index in [9.17, 15) is 4.79 Å². The minimum absolute atomic E-state index is 0.0147. The molecule has 5 heteroatoms. The van der Waals surface area contributed by atoms with Crippen LogP contribution in [0.15, 0.2) is 17.2 Å². The average molecular weight is 222 g/mol. The van der Waals surface area contributed by atoms with Gasteiger partial charge in [0.2, 0.25) is 0 Å². The summed E-state index contributed by atoms with van der Waals surface area (Å²) in [4.78, 5) is 18.2. The Morgan fingerprint density at radius 2 is 2.44 bits per heavy atom. The highest BCUT2D eigenvalue weighted by Crippen LogP contribution is 2.12. The van der Waals surface area contributed by atoms with Crippen molar-refractivity contribution >= 4 is 5.82 Å². The van der Waals surface area contributed by atoms with E-state index in [-0.39, 0.29) is 11.6 Å². The van der Waals surface area contributed by atoms with Crippen LogP contribution >= 0.6 is 0 Å². The molecule has 0 aromatic carbocycles. The van der Waals surface area contributed by atoms with Gasteiger partial charge in [-0.15, -0.1) is 0 Å². The summed E-state index contributed by atoms with van der Waals surface area (Å²) in [5.41, 5.74) is 5.89. The molecule has 0 radical (unpaired) electrons. The van der Waals surface area contributed by atoms with Gasteiger partial charge in [-0.1, -0.05) is 0 Å². The third-order valence-corrected chi connectivity index (χ3v) is 2.99. The Morgan fingerprint density at radius 1 is 1.62 bits per heavy atom. The van der Waals surface area contributed by atoms with E-state index in [0.29, 0.717) is 12.4 Å². The first-order valence-corrected chi connectivity index (χ1v) is 5.78. The first-order valence-electron chi connectivity index (χ1n) is 5.78. The molecular weight excluding hydrogens is 204 g/mol. The van der Waals surface area contributed by atoms with Crippen LogP contribution in [0.3, 0.4) is 0 Å². The molecule has 2 N–H and O–H groups in total. The lowest BCUT2D eigenvalue weighted by Crippen LogP contribution is -2.45. The zero-order valence-corrected chi connectivity index (χ0v) is 9.59. The molecule has 16 heavy (non-hydrogen) atoms. The second-order valence-corrected chi connectivity index (χ2v) is 4.19. The molecule has 1 aliphatic rings. The number of nitrogens with two attached hydrogens (primary N) is 1. The SMILES string of the molecule is CCn1ccnc(N2CCC[C@H](N)C2)c1=O. The van der Waals surface area contributed by atoms with Gasteiger partial charge >= 0.3 is 0 Å². The van der Waals surface area contributed by atoms with Gasteiger partial charge in [0.25, 0.3) is 5.56 Å². The highest BCUT2D eigenvalue weighted by Gasteiger charge is 2.20. The predicted molar refractivity (Wildman–Crippen MR) is 63.6 cm³/mol. The van der Waals surface area contributed by atoms with E-state index in [2.05, 4.69) is 4.98 Å². The number of nitrogens with zero attached hydrogens (tertiary/aromatic N) is 3. The normalized spacial score (nSPS) is 21.1. The molecule has 1 aromatic heterocycles. The Bertz CT molecular complexity index is 415. The lowest BCUT2D eigenvalue weighted by Gasteiger charge is -2.31. The molecule has 0 spiro atoms. The zero-order chi connectivity index (χ0) is 11.5. The van der Waals surface area contributed by atoms with Crippen molar-refractivity contribution in [3.05, 3.63) is 22.7 Å². The quantitative estimate of drug-likeness (QED) is 0.776. The fourth-order valence-corrected chi connectivity index (χ4v) is 2.10. The molecule has 1 aromatic rings. The zero-order valence-electron chi connectivity index (χ0n) is 9.59. The van der Waals surface area contributed by atoms with E-state index in [1.165, 1.54) is 0 Å². The summed E-state index contributed by atoms with van der Waals surface area (Å²) in [6.07, 6.45) is 5.46. The van der Waals surface area contributed by atoms with Gasteiger partial charge in [0.15, 0.2) is 5.82 Å². The van der Waals surface area contributed by atoms with E-state index in [1.807, 2.05) is 11.8 Å². The van der Waals surface area contributed by atoms with E-state index < -0.39 is 0 Å². The van der Waals surface area contributed by atoms with Crippen LogP contribution in [0.1, 0.15) is 19.8 Å². The van der Waals surface area contributed by atoms with Crippen LogP contribution in [0.4, 0.5) is 5.82 Å². The maximum absolute atomic E-state index is 12.0. The van der Waals surface area contributed by atoms with Crippen molar-refractivity contribution < 1.29 is 0 Å². The molecule has 2 heterocycles. The monoisotopic (exact) mass is 222 g/mol. The van der Waals surface area contributed by atoms with Crippen molar-refractivity contribution in [2.45, 2.75) is 32.4 Å². The summed E-state index contributed by atoms with van der Waals surface area (Å²) >= 11 is 0.